The van der Waals surface area contributed by atoms with E-state index >= 15 is 0 Å². The van der Waals surface area contributed by atoms with Crippen molar-refractivity contribution >= 4 is 34.8 Å². The third kappa shape index (κ3) is 6.07. The van der Waals surface area contributed by atoms with Gasteiger partial charge in [-0.1, -0.05) is 37.3 Å². The molecule has 1 fully saturated rings. The quantitative estimate of drug-likeness (QED) is 0.515. The molecule has 1 unspecified atom stereocenters. The summed E-state index contributed by atoms with van der Waals surface area (Å²) >= 11 is 5.56. The summed E-state index contributed by atoms with van der Waals surface area (Å²) in [6, 6.07) is 16.9. The van der Waals surface area contributed by atoms with Crippen LogP contribution in [-0.2, 0) is 16.0 Å². The number of thiocarbonyl (C=S) groups is 1. The van der Waals surface area contributed by atoms with Crippen LogP contribution in [-0.4, -0.2) is 52.5 Å². The average Bonchev–Trinajstić information content (AvgIpc) is 3.02. The van der Waals surface area contributed by atoms with Crippen LogP contribution in [0.1, 0.15) is 38.7 Å². The van der Waals surface area contributed by atoms with Crippen molar-refractivity contribution in [2.24, 2.45) is 0 Å². The van der Waals surface area contributed by atoms with Gasteiger partial charge in [0.15, 0.2) is 5.11 Å². The molecule has 0 spiro atoms. The molecular weight excluding hydrogens is 422 g/mol. The highest BCUT2D eigenvalue weighted by atomic mass is 32.1. The SMILES string of the molecule is CCCOc1ccc(NC(=O)CC2C(=O)N(CC)C(=S)N2CCCc2ccccc2)cc1. The van der Waals surface area contributed by atoms with E-state index in [0.717, 1.165) is 25.0 Å². The van der Waals surface area contributed by atoms with Crippen molar-refractivity contribution in [3.63, 3.8) is 0 Å². The van der Waals surface area contributed by atoms with Crippen LogP contribution in [0.3, 0.4) is 0 Å². The zero-order chi connectivity index (χ0) is 22.9. The number of rotatable bonds is 11. The Morgan fingerprint density at radius 3 is 2.47 bits per heavy atom. The first kappa shape index (κ1) is 23.7. The molecule has 0 bridgehead atoms. The highest BCUT2D eigenvalue weighted by molar-refractivity contribution is 7.80. The smallest absolute Gasteiger partial charge is 0.252 e. The van der Waals surface area contributed by atoms with Gasteiger partial charge in [-0.15, -0.1) is 0 Å². The molecule has 1 saturated heterocycles. The Morgan fingerprint density at radius 1 is 1.09 bits per heavy atom. The van der Waals surface area contributed by atoms with Gasteiger partial charge in [-0.2, -0.15) is 0 Å². The minimum atomic E-state index is -0.564. The van der Waals surface area contributed by atoms with E-state index in [1.807, 2.05) is 42.2 Å². The third-order valence-corrected chi connectivity index (χ3v) is 5.87. The lowest BCUT2D eigenvalue weighted by Crippen LogP contribution is -2.38. The lowest BCUT2D eigenvalue weighted by Gasteiger charge is -2.23. The molecule has 0 radical (unpaired) electrons. The van der Waals surface area contributed by atoms with Gasteiger partial charge in [-0.3, -0.25) is 14.5 Å². The normalized spacial score (nSPS) is 15.9. The second kappa shape index (κ2) is 11.6. The fourth-order valence-corrected chi connectivity index (χ4v) is 4.21. The number of carbonyl (C=O) groups excluding carboxylic acids is 2. The summed E-state index contributed by atoms with van der Waals surface area (Å²) in [5.74, 6) is 0.458. The van der Waals surface area contributed by atoms with Gasteiger partial charge in [0.05, 0.1) is 13.0 Å². The number of hydrogen-bond donors (Lipinski definition) is 1. The van der Waals surface area contributed by atoms with Crippen LogP contribution in [0.15, 0.2) is 54.6 Å². The number of nitrogens with one attached hydrogen (secondary N) is 1. The number of likely N-dealkylation sites (N-methyl/N-ethyl adjacent to an activating group) is 1. The van der Waals surface area contributed by atoms with Crippen molar-refractivity contribution in [1.29, 1.82) is 0 Å². The van der Waals surface area contributed by atoms with Crippen LogP contribution in [0.2, 0.25) is 0 Å². The van der Waals surface area contributed by atoms with E-state index in [9.17, 15) is 9.59 Å². The van der Waals surface area contributed by atoms with Gasteiger partial charge in [0.1, 0.15) is 11.8 Å². The highest BCUT2D eigenvalue weighted by Gasteiger charge is 2.42. The van der Waals surface area contributed by atoms with Crippen molar-refractivity contribution in [2.45, 2.75) is 45.6 Å². The molecule has 1 heterocycles. The maximum atomic E-state index is 12.9. The van der Waals surface area contributed by atoms with Crippen LogP contribution >= 0.6 is 12.2 Å². The van der Waals surface area contributed by atoms with Gasteiger partial charge in [-0.05, 0) is 68.2 Å². The average molecular weight is 454 g/mol. The molecule has 0 aromatic heterocycles. The third-order valence-electron chi connectivity index (χ3n) is 5.42. The lowest BCUT2D eigenvalue weighted by molar-refractivity contribution is -0.130. The van der Waals surface area contributed by atoms with Gasteiger partial charge in [0.2, 0.25) is 5.91 Å². The molecule has 2 aromatic carbocycles. The Hall–Kier alpha value is -2.93. The summed E-state index contributed by atoms with van der Waals surface area (Å²) in [6.45, 7) is 5.75. The van der Waals surface area contributed by atoms with E-state index in [4.69, 9.17) is 17.0 Å². The van der Waals surface area contributed by atoms with Gasteiger partial charge < -0.3 is 15.0 Å². The van der Waals surface area contributed by atoms with E-state index < -0.39 is 6.04 Å². The number of benzene rings is 2. The molecular formula is C25H31N3O3S. The fourth-order valence-electron chi connectivity index (χ4n) is 3.78. The molecule has 1 aliphatic rings. The topological polar surface area (TPSA) is 61.9 Å². The number of nitrogens with zero attached hydrogens (tertiary/aromatic N) is 2. The van der Waals surface area contributed by atoms with Crippen molar-refractivity contribution < 1.29 is 14.3 Å². The minimum absolute atomic E-state index is 0.0644. The molecule has 1 atom stereocenters. The van der Waals surface area contributed by atoms with Crippen LogP contribution in [0.4, 0.5) is 5.69 Å². The van der Waals surface area contributed by atoms with Crippen LogP contribution in [0, 0.1) is 0 Å². The molecule has 6 nitrogen and oxygen atoms in total. The van der Waals surface area contributed by atoms with E-state index in [-0.39, 0.29) is 18.2 Å². The maximum absolute atomic E-state index is 12.9. The van der Waals surface area contributed by atoms with Crippen molar-refractivity contribution in [1.82, 2.24) is 9.80 Å². The number of ether oxygens (including phenoxy) is 1. The summed E-state index contributed by atoms with van der Waals surface area (Å²) in [6.07, 6.45) is 2.75. The molecule has 0 saturated carbocycles. The van der Waals surface area contributed by atoms with E-state index in [1.54, 1.807) is 17.0 Å². The predicted octanol–water partition coefficient (Wildman–Crippen LogP) is 4.25. The van der Waals surface area contributed by atoms with Crippen LogP contribution in [0.25, 0.3) is 0 Å². The second-order valence-corrected chi connectivity index (χ2v) is 8.15. The van der Waals surface area contributed by atoms with E-state index in [2.05, 4.69) is 24.4 Å². The summed E-state index contributed by atoms with van der Waals surface area (Å²) in [7, 11) is 0. The molecule has 0 aliphatic carbocycles. The molecule has 1 N–H and O–H groups in total. The van der Waals surface area contributed by atoms with E-state index in [0.29, 0.717) is 30.5 Å². The Labute approximate surface area is 195 Å². The van der Waals surface area contributed by atoms with Crippen LogP contribution < -0.4 is 10.1 Å². The highest BCUT2D eigenvalue weighted by Crippen LogP contribution is 2.23. The lowest BCUT2D eigenvalue weighted by atomic mass is 10.1. The van der Waals surface area contributed by atoms with Gasteiger partial charge in [0.25, 0.3) is 5.91 Å². The summed E-state index contributed by atoms with van der Waals surface area (Å²) < 4.78 is 5.57. The molecule has 7 heteroatoms. The minimum Gasteiger partial charge on any atom is -0.494 e. The molecule has 2 aromatic rings. The largest absolute Gasteiger partial charge is 0.494 e. The number of hydrogen-bond acceptors (Lipinski definition) is 4. The number of carbonyl (C=O) groups is 2. The number of amides is 2. The standard InChI is InChI=1S/C25H31N3O3S/c1-3-17-31-21-14-12-20(13-15-21)26-23(29)18-22-24(30)27(4-2)25(32)28(22)16-8-11-19-9-6-5-7-10-19/h5-7,9-10,12-15,22H,3-4,8,11,16-18H2,1-2H3,(H,26,29). The van der Waals surface area contributed by atoms with Gasteiger partial charge in [0, 0.05) is 18.8 Å². The first-order valence-electron chi connectivity index (χ1n) is 11.2. The Balaban J connectivity index is 1.60. The number of aryl methyl sites for hydroxylation is 1. The van der Waals surface area contributed by atoms with E-state index in [1.165, 1.54) is 5.56 Å². The van der Waals surface area contributed by atoms with Gasteiger partial charge in [-0.25, -0.2) is 0 Å². The van der Waals surface area contributed by atoms with Crippen LogP contribution in [0.5, 0.6) is 5.75 Å². The Kier molecular flexibility index (Phi) is 8.62. The molecule has 1 aliphatic heterocycles. The molecule has 170 valence electrons. The zero-order valence-electron chi connectivity index (χ0n) is 18.8. The molecule has 3 rings (SSSR count). The number of anilines is 1. The summed E-state index contributed by atoms with van der Waals surface area (Å²) in [5, 5.41) is 3.40. The summed E-state index contributed by atoms with van der Waals surface area (Å²) in [4.78, 5) is 29.2. The van der Waals surface area contributed by atoms with Crippen molar-refractivity contribution in [3.8, 4) is 5.75 Å². The first-order chi connectivity index (χ1) is 15.5. The zero-order valence-corrected chi connectivity index (χ0v) is 19.6. The Morgan fingerprint density at radius 2 is 1.81 bits per heavy atom. The maximum Gasteiger partial charge on any atom is 0.252 e. The molecule has 2 amide bonds. The fraction of sp³-hybridized carbons (Fsp3) is 0.400. The van der Waals surface area contributed by atoms with Gasteiger partial charge >= 0.3 is 0 Å². The predicted molar refractivity (Wildman–Crippen MR) is 131 cm³/mol. The Bertz CT molecular complexity index is 918. The monoisotopic (exact) mass is 453 g/mol. The van der Waals surface area contributed by atoms with Crippen molar-refractivity contribution in [3.05, 3.63) is 60.2 Å². The first-order valence-corrected chi connectivity index (χ1v) is 11.6. The summed E-state index contributed by atoms with van der Waals surface area (Å²) in [5.41, 5.74) is 1.92. The molecule has 32 heavy (non-hydrogen) atoms. The van der Waals surface area contributed by atoms with Crippen molar-refractivity contribution in [2.75, 3.05) is 25.0 Å². The second-order valence-electron chi connectivity index (χ2n) is 7.79.